The molecule has 1 atom stereocenters. The summed E-state index contributed by atoms with van der Waals surface area (Å²) in [5.41, 5.74) is 0. The zero-order chi connectivity index (χ0) is 7.19. The Labute approximate surface area is 72.9 Å². The smallest absolute Gasteiger partial charge is 0.167 e. The van der Waals surface area contributed by atoms with E-state index in [2.05, 4.69) is 6.92 Å². The lowest BCUT2D eigenvalue weighted by Gasteiger charge is -2.43. The van der Waals surface area contributed by atoms with Crippen LogP contribution >= 0.6 is 0 Å². The summed E-state index contributed by atoms with van der Waals surface area (Å²) < 4.78 is 13.4. The summed E-state index contributed by atoms with van der Waals surface area (Å²) in [6, 6.07) is 0.549. The maximum atomic E-state index is 13.5. The van der Waals surface area contributed by atoms with Gasteiger partial charge in [0.05, 0.1) is 0 Å². The highest BCUT2D eigenvalue weighted by Gasteiger charge is 2.47. The number of fused-ring (bicyclic) bond motifs is 3. The molecule has 4 heteroatoms. The van der Waals surface area contributed by atoms with Gasteiger partial charge in [-0.2, -0.15) is 0 Å². The average Bonchev–Trinajstić information content (AvgIpc) is 1.87. The molecule has 0 aromatic heterocycles. The minimum atomic E-state index is -0.148. The van der Waals surface area contributed by atoms with Gasteiger partial charge in [0.25, 0.3) is 0 Å². The molecule has 3 saturated heterocycles. The van der Waals surface area contributed by atoms with Crippen LogP contribution in [0.1, 0.15) is 6.92 Å². The van der Waals surface area contributed by atoms with Crippen LogP contribution < -0.4 is 17.3 Å². The Morgan fingerprint density at radius 3 is 2.18 bits per heavy atom. The standard InChI is InChI=1S/C7H14FN2.ClH/c1-7-6-10(8)4-2-9(7)3-5-10;/h7H,2-6H2,1H3;1H/q+1;. The number of quaternary nitrogens is 2. The van der Waals surface area contributed by atoms with E-state index in [1.54, 1.807) is 4.90 Å². The van der Waals surface area contributed by atoms with Gasteiger partial charge in [0, 0.05) is 0 Å². The monoisotopic (exact) mass is 181 g/mol. The number of halogens is 2. The highest BCUT2D eigenvalue weighted by Crippen LogP contribution is 2.13. The van der Waals surface area contributed by atoms with E-state index in [1.165, 1.54) is 0 Å². The summed E-state index contributed by atoms with van der Waals surface area (Å²) in [5, 5.41) is 0. The summed E-state index contributed by atoms with van der Waals surface area (Å²) in [5.74, 6) is 0. The molecule has 3 fully saturated rings. The topological polar surface area (TPSA) is 4.44 Å². The van der Waals surface area contributed by atoms with Gasteiger partial charge in [-0.1, -0.05) is 0 Å². The van der Waals surface area contributed by atoms with E-state index in [0.717, 1.165) is 32.7 Å². The van der Waals surface area contributed by atoms with Crippen LogP contribution in [0.25, 0.3) is 0 Å². The molecule has 0 aromatic carbocycles. The van der Waals surface area contributed by atoms with Crippen molar-refractivity contribution in [2.24, 2.45) is 0 Å². The fraction of sp³-hybridized carbons (Fsp3) is 1.00. The third-order valence-corrected chi connectivity index (χ3v) is 2.97. The number of piperazine rings is 3. The van der Waals surface area contributed by atoms with Gasteiger partial charge in [0.2, 0.25) is 0 Å². The minimum Gasteiger partial charge on any atom is -1.00 e. The van der Waals surface area contributed by atoms with Crippen molar-refractivity contribution in [3.05, 3.63) is 0 Å². The molecule has 0 aromatic rings. The second kappa shape index (κ2) is 2.88. The van der Waals surface area contributed by atoms with Crippen molar-refractivity contribution in [1.29, 1.82) is 0 Å². The van der Waals surface area contributed by atoms with Gasteiger partial charge in [-0.25, -0.2) is 0 Å². The Kier molecular flexibility index (Phi) is 2.42. The molecule has 0 aliphatic carbocycles. The van der Waals surface area contributed by atoms with Crippen LogP contribution in [0, 0.1) is 0 Å². The summed E-state index contributed by atoms with van der Waals surface area (Å²) in [4.78, 5) is 1.61. The van der Waals surface area contributed by atoms with Crippen molar-refractivity contribution >= 4 is 0 Å². The van der Waals surface area contributed by atoms with Crippen LogP contribution in [-0.2, 0) is 0 Å². The van der Waals surface area contributed by atoms with Crippen LogP contribution in [0.3, 0.4) is 0 Å². The highest BCUT2D eigenvalue weighted by atomic mass is 35.5. The van der Waals surface area contributed by atoms with Crippen molar-refractivity contribution in [2.75, 3.05) is 32.7 Å². The van der Waals surface area contributed by atoms with E-state index in [-0.39, 0.29) is 17.1 Å². The first-order valence-electron chi connectivity index (χ1n) is 4.10. The minimum absolute atomic E-state index is 0. The Balaban J connectivity index is 0.000000605. The SMILES string of the molecule is CC1C[N+]2(F)CC[NH+]1CC2.[Cl-]. The quantitative estimate of drug-likeness (QED) is 0.364. The van der Waals surface area contributed by atoms with Crippen LogP contribution in [0.15, 0.2) is 0 Å². The lowest BCUT2D eigenvalue weighted by Crippen LogP contribution is -3.22. The zero-order valence-electron chi connectivity index (χ0n) is 6.82. The van der Waals surface area contributed by atoms with Gasteiger partial charge in [-0.3, -0.25) is 0 Å². The first kappa shape index (κ1) is 9.23. The van der Waals surface area contributed by atoms with Crippen LogP contribution in [0.4, 0.5) is 4.48 Å². The number of nitrogens with zero attached hydrogens (tertiary/aromatic N) is 1. The van der Waals surface area contributed by atoms with E-state index in [4.69, 9.17) is 0 Å². The normalized spacial score (nSPS) is 48.5. The molecular weight excluding hydrogens is 167 g/mol. The molecule has 0 spiro atoms. The second-order valence-corrected chi connectivity index (χ2v) is 3.72. The van der Waals surface area contributed by atoms with E-state index in [9.17, 15) is 4.48 Å². The number of nitrogens with one attached hydrogen (secondary N) is 1. The molecule has 66 valence electrons. The maximum absolute atomic E-state index is 13.5. The number of hydrogen-bond acceptors (Lipinski definition) is 0. The molecular formula is C7H15ClFN2+. The van der Waals surface area contributed by atoms with Gasteiger partial charge < -0.3 is 17.3 Å². The molecule has 3 aliphatic heterocycles. The molecule has 11 heavy (non-hydrogen) atoms. The molecule has 3 heterocycles. The van der Waals surface area contributed by atoms with Gasteiger partial charge in [0.1, 0.15) is 19.1 Å². The largest absolute Gasteiger partial charge is 1.00 e. The van der Waals surface area contributed by atoms with Crippen molar-refractivity contribution in [1.82, 2.24) is 0 Å². The zero-order valence-corrected chi connectivity index (χ0v) is 7.57. The fourth-order valence-corrected chi connectivity index (χ4v) is 2.22. The molecule has 2 nitrogen and oxygen atoms in total. The third kappa shape index (κ3) is 1.50. The molecule has 0 saturated carbocycles. The van der Waals surface area contributed by atoms with E-state index < -0.39 is 0 Å². The molecule has 0 amide bonds. The summed E-state index contributed by atoms with van der Waals surface area (Å²) >= 11 is 0. The predicted molar refractivity (Wildman–Crippen MR) is 36.1 cm³/mol. The van der Waals surface area contributed by atoms with Crippen molar-refractivity contribution in [3.63, 3.8) is 0 Å². The van der Waals surface area contributed by atoms with E-state index >= 15 is 0 Å². The van der Waals surface area contributed by atoms with Crippen LogP contribution in [0.5, 0.6) is 0 Å². The van der Waals surface area contributed by atoms with Crippen molar-refractivity contribution in [2.45, 2.75) is 13.0 Å². The predicted octanol–water partition coefficient (Wildman–Crippen LogP) is -4.01. The Hall–Kier alpha value is 0.140. The summed E-state index contributed by atoms with van der Waals surface area (Å²) in [6.07, 6.45) is 0. The Morgan fingerprint density at radius 1 is 1.36 bits per heavy atom. The molecule has 3 aliphatic rings. The van der Waals surface area contributed by atoms with Crippen LogP contribution in [0.2, 0.25) is 0 Å². The van der Waals surface area contributed by atoms with Crippen LogP contribution in [-0.4, -0.2) is 43.5 Å². The molecule has 0 radical (unpaired) electrons. The van der Waals surface area contributed by atoms with E-state index in [0.29, 0.717) is 6.04 Å². The van der Waals surface area contributed by atoms with Gasteiger partial charge in [-0.05, 0) is 11.4 Å². The summed E-state index contributed by atoms with van der Waals surface area (Å²) in [7, 11) is 0. The van der Waals surface area contributed by atoms with Gasteiger partial charge in [0.15, 0.2) is 19.6 Å². The maximum Gasteiger partial charge on any atom is 0.167 e. The van der Waals surface area contributed by atoms with E-state index in [1.807, 2.05) is 0 Å². The number of rotatable bonds is 0. The molecule has 2 bridgehead atoms. The third-order valence-electron chi connectivity index (χ3n) is 2.97. The van der Waals surface area contributed by atoms with Gasteiger partial charge >= 0.3 is 0 Å². The Morgan fingerprint density at radius 2 is 1.91 bits per heavy atom. The van der Waals surface area contributed by atoms with Crippen molar-refractivity contribution in [3.8, 4) is 0 Å². The molecule has 1 N–H and O–H groups in total. The molecule has 3 rings (SSSR count). The molecule has 1 unspecified atom stereocenters. The van der Waals surface area contributed by atoms with Gasteiger partial charge in [-0.15, -0.1) is 4.71 Å². The Bertz CT molecular complexity index is 145. The first-order chi connectivity index (χ1) is 4.70. The highest BCUT2D eigenvalue weighted by molar-refractivity contribution is 4.57. The fourth-order valence-electron chi connectivity index (χ4n) is 2.22. The first-order valence-corrected chi connectivity index (χ1v) is 4.10. The number of hydrogen-bond donors (Lipinski definition) is 1. The second-order valence-electron chi connectivity index (χ2n) is 3.72. The summed E-state index contributed by atoms with van der Waals surface area (Å²) in [6.45, 7) is 6.48. The van der Waals surface area contributed by atoms with Crippen molar-refractivity contribution < 1.29 is 26.5 Å². The lowest BCUT2D eigenvalue weighted by molar-refractivity contribution is -1.15. The lowest BCUT2D eigenvalue weighted by atomic mass is 10.1. The average molecular weight is 182 g/mol.